The fourth-order valence-electron chi connectivity index (χ4n) is 2.82. The number of hydrogen-bond acceptors (Lipinski definition) is 3. The van der Waals surface area contributed by atoms with Crippen LogP contribution >= 0.6 is 11.6 Å². The second-order valence-corrected chi connectivity index (χ2v) is 6.65. The van der Waals surface area contributed by atoms with Crippen molar-refractivity contribution in [2.45, 2.75) is 103 Å². The zero-order chi connectivity index (χ0) is 17.4. The highest BCUT2D eigenvalue weighted by molar-refractivity contribution is 6.20. The number of hydrogen-bond donors (Lipinski definition) is 0. The van der Waals surface area contributed by atoms with E-state index in [2.05, 4.69) is 6.92 Å². The first kappa shape index (κ1) is 23.2. The molecule has 0 aromatic carbocycles. The van der Waals surface area contributed by atoms with E-state index in [4.69, 9.17) is 25.8 Å². The summed E-state index contributed by atoms with van der Waals surface area (Å²) in [4.78, 5) is 0. The van der Waals surface area contributed by atoms with E-state index in [0.29, 0.717) is 25.2 Å². The summed E-state index contributed by atoms with van der Waals surface area (Å²) in [5, 5.41) is 0.357. The van der Waals surface area contributed by atoms with E-state index in [-0.39, 0.29) is 0 Å². The van der Waals surface area contributed by atoms with Gasteiger partial charge in [-0.3, -0.25) is 0 Å². The lowest BCUT2D eigenvalue weighted by Gasteiger charge is -2.32. The summed E-state index contributed by atoms with van der Waals surface area (Å²) in [6.45, 7) is 9.98. The van der Waals surface area contributed by atoms with E-state index in [1.54, 1.807) is 0 Å². The Bertz CT molecular complexity index is 232. The van der Waals surface area contributed by atoms with Crippen molar-refractivity contribution in [1.82, 2.24) is 0 Å². The highest BCUT2D eigenvalue weighted by atomic mass is 35.5. The average molecular weight is 351 g/mol. The van der Waals surface area contributed by atoms with Crippen molar-refractivity contribution in [1.29, 1.82) is 0 Å². The Balaban J connectivity index is 3.84. The van der Waals surface area contributed by atoms with E-state index in [1.807, 2.05) is 20.8 Å². The molecule has 0 aliphatic carbocycles. The molecule has 0 heterocycles. The van der Waals surface area contributed by atoms with Crippen LogP contribution in [0.25, 0.3) is 0 Å². The third kappa shape index (κ3) is 12.2. The Morgan fingerprint density at radius 2 is 1.17 bits per heavy atom. The van der Waals surface area contributed by atoms with Gasteiger partial charge in [-0.1, -0.05) is 45.4 Å². The maximum absolute atomic E-state index is 6.37. The minimum absolute atomic E-state index is 0.357. The van der Waals surface area contributed by atoms with Gasteiger partial charge in [0.15, 0.2) is 0 Å². The molecule has 0 aromatic rings. The largest absolute Gasteiger partial charge is 0.328 e. The number of rotatable bonds is 17. The molecular weight excluding hydrogens is 312 g/mol. The summed E-state index contributed by atoms with van der Waals surface area (Å²) >= 11 is 6.37. The molecule has 0 N–H and O–H groups in total. The van der Waals surface area contributed by atoms with Crippen LogP contribution in [0.3, 0.4) is 0 Å². The van der Waals surface area contributed by atoms with Crippen molar-refractivity contribution < 1.29 is 14.2 Å². The molecule has 0 aliphatic heterocycles. The van der Waals surface area contributed by atoms with Crippen LogP contribution in [-0.2, 0) is 14.2 Å². The van der Waals surface area contributed by atoms with Crippen molar-refractivity contribution in [3.63, 3.8) is 0 Å². The predicted octanol–water partition coefficient (Wildman–Crippen LogP) is 6.28. The maximum atomic E-state index is 6.37. The van der Waals surface area contributed by atoms with Gasteiger partial charge in [0, 0.05) is 31.6 Å². The number of unbranched alkanes of at least 4 members (excludes halogenated alkanes) is 5. The Hall–Kier alpha value is 0.170. The first-order valence-electron chi connectivity index (χ1n) is 9.70. The van der Waals surface area contributed by atoms with Gasteiger partial charge in [0.25, 0.3) is 5.97 Å². The smallest absolute Gasteiger partial charge is 0.282 e. The summed E-state index contributed by atoms with van der Waals surface area (Å²) < 4.78 is 17.2. The van der Waals surface area contributed by atoms with E-state index in [1.165, 1.54) is 38.5 Å². The minimum Gasteiger partial charge on any atom is -0.328 e. The Morgan fingerprint density at radius 3 is 1.65 bits per heavy atom. The van der Waals surface area contributed by atoms with Gasteiger partial charge in [0.2, 0.25) is 0 Å². The van der Waals surface area contributed by atoms with Gasteiger partial charge in [0.05, 0.1) is 0 Å². The number of halogens is 1. The van der Waals surface area contributed by atoms with Gasteiger partial charge in [-0.2, -0.15) is 0 Å². The molecule has 0 bridgehead atoms. The molecule has 0 fully saturated rings. The van der Waals surface area contributed by atoms with Crippen LogP contribution in [0.2, 0.25) is 0 Å². The van der Waals surface area contributed by atoms with Crippen LogP contribution < -0.4 is 0 Å². The van der Waals surface area contributed by atoms with Crippen molar-refractivity contribution >= 4 is 11.6 Å². The molecule has 0 rings (SSSR count). The molecule has 0 aliphatic rings. The highest BCUT2D eigenvalue weighted by Crippen LogP contribution is 2.24. The molecule has 140 valence electrons. The zero-order valence-corrected chi connectivity index (χ0v) is 16.6. The topological polar surface area (TPSA) is 27.7 Å². The van der Waals surface area contributed by atoms with Gasteiger partial charge in [-0.05, 0) is 40.0 Å². The van der Waals surface area contributed by atoms with Crippen LogP contribution in [0.15, 0.2) is 0 Å². The second-order valence-electron chi connectivity index (χ2n) is 6.03. The van der Waals surface area contributed by atoms with Crippen LogP contribution in [0, 0.1) is 0 Å². The maximum Gasteiger partial charge on any atom is 0.282 e. The average Bonchev–Trinajstić information content (AvgIpc) is 2.52. The first-order chi connectivity index (χ1) is 11.1. The fourth-order valence-corrected chi connectivity index (χ4v) is 3.13. The minimum atomic E-state index is -0.840. The van der Waals surface area contributed by atoms with Crippen molar-refractivity contribution in [3.8, 4) is 0 Å². The molecule has 0 saturated carbocycles. The molecule has 4 heteroatoms. The summed E-state index contributed by atoms with van der Waals surface area (Å²) in [6.07, 6.45) is 11.6. The van der Waals surface area contributed by atoms with Crippen molar-refractivity contribution in [3.05, 3.63) is 0 Å². The molecule has 0 spiro atoms. The van der Waals surface area contributed by atoms with Gasteiger partial charge < -0.3 is 14.2 Å². The molecule has 0 aromatic heterocycles. The van der Waals surface area contributed by atoms with Gasteiger partial charge in [-0.15, -0.1) is 11.6 Å². The van der Waals surface area contributed by atoms with E-state index >= 15 is 0 Å². The Morgan fingerprint density at radius 1 is 0.696 bits per heavy atom. The van der Waals surface area contributed by atoms with Gasteiger partial charge in [-0.25, -0.2) is 0 Å². The SMILES string of the molecule is CCCCCC(Cl)CCCCCCC(OCC)(OCC)OCC. The lowest BCUT2D eigenvalue weighted by molar-refractivity contribution is -0.380. The molecule has 23 heavy (non-hydrogen) atoms. The standard InChI is InChI=1S/C19H39ClO3/c1-5-9-12-15-18(20)16-13-10-11-14-17-19(21-6-2,22-7-3)23-8-4/h18H,5-17H2,1-4H3. The van der Waals surface area contributed by atoms with E-state index in [0.717, 1.165) is 25.7 Å². The third-order valence-corrected chi connectivity index (χ3v) is 4.40. The van der Waals surface area contributed by atoms with Crippen LogP contribution in [0.4, 0.5) is 0 Å². The number of alkyl halides is 1. The molecule has 0 radical (unpaired) electrons. The van der Waals surface area contributed by atoms with Crippen molar-refractivity contribution in [2.24, 2.45) is 0 Å². The summed E-state index contributed by atoms with van der Waals surface area (Å²) in [6, 6.07) is 0. The van der Waals surface area contributed by atoms with Crippen LogP contribution in [0.5, 0.6) is 0 Å². The Kier molecular flexibility index (Phi) is 15.8. The fraction of sp³-hybridized carbons (Fsp3) is 1.00. The number of ether oxygens (including phenoxy) is 3. The van der Waals surface area contributed by atoms with Crippen molar-refractivity contribution in [2.75, 3.05) is 19.8 Å². The molecule has 1 unspecified atom stereocenters. The molecule has 0 amide bonds. The highest BCUT2D eigenvalue weighted by Gasteiger charge is 2.31. The van der Waals surface area contributed by atoms with E-state index < -0.39 is 5.97 Å². The monoisotopic (exact) mass is 350 g/mol. The quantitative estimate of drug-likeness (QED) is 0.175. The lowest BCUT2D eigenvalue weighted by atomic mass is 10.0. The molecule has 0 saturated heterocycles. The molecule has 1 atom stereocenters. The molecule has 3 nitrogen and oxygen atoms in total. The second kappa shape index (κ2) is 15.7. The Labute approximate surface area is 149 Å². The zero-order valence-electron chi connectivity index (χ0n) is 15.9. The summed E-state index contributed by atoms with van der Waals surface area (Å²) in [5.41, 5.74) is 0. The van der Waals surface area contributed by atoms with Gasteiger partial charge in [0.1, 0.15) is 0 Å². The van der Waals surface area contributed by atoms with Crippen LogP contribution in [0.1, 0.15) is 91.9 Å². The summed E-state index contributed by atoms with van der Waals surface area (Å²) in [5.74, 6) is -0.840. The van der Waals surface area contributed by atoms with E-state index in [9.17, 15) is 0 Å². The van der Waals surface area contributed by atoms with Crippen LogP contribution in [-0.4, -0.2) is 31.2 Å². The third-order valence-electron chi connectivity index (χ3n) is 3.96. The molecular formula is C19H39ClO3. The predicted molar refractivity (Wildman–Crippen MR) is 99.1 cm³/mol. The van der Waals surface area contributed by atoms with Gasteiger partial charge >= 0.3 is 0 Å². The lowest BCUT2D eigenvalue weighted by Crippen LogP contribution is -2.39. The normalized spacial score (nSPS) is 13.4. The summed E-state index contributed by atoms with van der Waals surface area (Å²) in [7, 11) is 0. The first-order valence-corrected chi connectivity index (χ1v) is 10.1.